The molecule has 1 fully saturated rings. The van der Waals surface area contributed by atoms with Crippen LogP contribution in [0.4, 0.5) is 10.5 Å². The normalized spacial score (nSPS) is 14.2. The van der Waals surface area contributed by atoms with Crippen LogP contribution in [0.3, 0.4) is 0 Å². The van der Waals surface area contributed by atoms with Gasteiger partial charge in [0.1, 0.15) is 0 Å². The van der Waals surface area contributed by atoms with Gasteiger partial charge in [-0.25, -0.2) is 9.59 Å². The second-order valence-electron chi connectivity index (χ2n) is 5.80. The molecule has 0 spiro atoms. The van der Waals surface area contributed by atoms with E-state index in [1.54, 1.807) is 6.07 Å². The highest BCUT2D eigenvalue weighted by Gasteiger charge is 2.18. The summed E-state index contributed by atoms with van der Waals surface area (Å²) in [7, 11) is 0. The molecule has 0 aliphatic heterocycles. The van der Waals surface area contributed by atoms with Crippen LogP contribution in [0.25, 0.3) is 6.08 Å². The summed E-state index contributed by atoms with van der Waals surface area (Å²) in [5.74, 6) is -1.54. The van der Waals surface area contributed by atoms with E-state index in [1.807, 2.05) is 0 Å². The van der Waals surface area contributed by atoms with Crippen molar-refractivity contribution in [3.05, 3.63) is 46.0 Å². The average Bonchev–Trinajstić information content (AvgIpc) is 3.11. The Morgan fingerprint density at radius 2 is 2.00 bits per heavy atom. The van der Waals surface area contributed by atoms with E-state index in [0.717, 1.165) is 31.8 Å². The summed E-state index contributed by atoms with van der Waals surface area (Å²) in [6.07, 6.45) is 6.25. The van der Waals surface area contributed by atoms with E-state index in [2.05, 4.69) is 10.6 Å². The summed E-state index contributed by atoms with van der Waals surface area (Å²) in [5, 5.41) is 15.4. The van der Waals surface area contributed by atoms with E-state index in [-0.39, 0.29) is 11.7 Å². The molecule has 3 amide bonds. The fourth-order valence-electron chi connectivity index (χ4n) is 2.55. The number of nitro groups is 1. The van der Waals surface area contributed by atoms with Crippen molar-refractivity contribution in [2.45, 2.75) is 31.7 Å². The van der Waals surface area contributed by atoms with Crippen molar-refractivity contribution in [2.24, 2.45) is 0 Å². The number of nitrogens with zero attached hydrogens (tertiary/aromatic N) is 1. The van der Waals surface area contributed by atoms with Gasteiger partial charge in [-0.1, -0.05) is 25.0 Å². The van der Waals surface area contributed by atoms with Gasteiger partial charge in [-0.15, -0.1) is 0 Å². The third-order valence-electron chi connectivity index (χ3n) is 3.78. The summed E-state index contributed by atoms with van der Waals surface area (Å²) >= 11 is 0. The average molecular weight is 361 g/mol. The molecule has 1 aromatic rings. The summed E-state index contributed by atoms with van der Waals surface area (Å²) in [6.45, 7) is -0.601. The van der Waals surface area contributed by atoms with Crippen molar-refractivity contribution in [3.63, 3.8) is 0 Å². The fraction of sp³-hybridized carbons (Fsp3) is 0.353. The van der Waals surface area contributed by atoms with Gasteiger partial charge in [-0.3, -0.25) is 20.2 Å². The molecule has 0 unspecified atom stereocenters. The predicted octanol–water partition coefficient (Wildman–Crippen LogP) is 1.92. The van der Waals surface area contributed by atoms with Gasteiger partial charge in [0.25, 0.3) is 11.6 Å². The number of amides is 3. The zero-order chi connectivity index (χ0) is 18.9. The van der Waals surface area contributed by atoms with Crippen LogP contribution in [-0.2, 0) is 14.3 Å². The number of hydrogen-bond acceptors (Lipinski definition) is 6. The van der Waals surface area contributed by atoms with Crippen LogP contribution in [0.2, 0.25) is 0 Å². The molecule has 0 aromatic heterocycles. The quantitative estimate of drug-likeness (QED) is 0.345. The lowest BCUT2D eigenvalue weighted by molar-refractivity contribution is -0.384. The highest BCUT2D eigenvalue weighted by molar-refractivity contribution is 5.96. The number of carbonyl (C=O) groups excluding carboxylic acids is 3. The van der Waals surface area contributed by atoms with E-state index in [0.29, 0.717) is 5.56 Å². The molecule has 0 bridgehead atoms. The lowest BCUT2D eigenvalue weighted by Crippen LogP contribution is -2.44. The number of nitro benzene ring substituents is 1. The summed E-state index contributed by atoms with van der Waals surface area (Å²) < 4.78 is 4.72. The molecule has 26 heavy (non-hydrogen) atoms. The third-order valence-corrected chi connectivity index (χ3v) is 3.78. The van der Waals surface area contributed by atoms with Crippen LogP contribution < -0.4 is 10.6 Å². The third kappa shape index (κ3) is 6.34. The van der Waals surface area contributed by atoms with Crippen LogP contribution in [0.1, 0.15) is 31.2 Å². The summed E-state index contributed by atoms with van der Waals surface area (Å²) in [4.78, 5) is 44.9. The van der Waals surface area contributed by atoms with Crippen LogP contribution in [-0.4, -0.2) is 35.5 Å². The molecule has 1 aromatic carbocycles. The minimum atomic E-state index is -0.803. The van der Waals surface area contributed by atoms with Gasteiger partial charge in [0.05, 0.1) is 4.92 Å². The number of nitrogens with one attached hydrogen (secondary N) is 2. The van der Waals surface area contributed by atoms with Crippen molar-refractivity contribution < 1.29 is 24.0 Å². The molecule has 9 nitrogen and oxygen atoms in total. The first-order valence-electron chi connectivity index (χ1n) is 8.13. The number of benzene rings is 1. The van der Waals surface area contributed by atoms with Crippen LogP contribution in [0, 0.1) is 10.1 Å². The number of imide groups is 1. The molecule has 2 N–H and O–H groups in total. The Labute approximate surface area is 149 Å². The van der Waals surface area contributed by atoms with Crippen LogP contribution >= 0.6 is 0 Å². The molecule has 9 heteroatoms. The van der Waals surface area contributed by atoms with E-state index in [4.69, 9.17) is 4.74 Å². The number of carbonyl (C=O) groups is 3. The van der Waals surface area contributed by atoms with E-state index in [9.17, 15) is 24.5 Å². The number of non-ortho nitro benzene ring substituents is 1. The standard InChI is InChI=1S/C17H19N3O6/c21-15(19-17(23)18-13-5-1-2-6-13)11-26-16(22)9-8-12-4-3-7-14(10-12)20(24)25/h3-4,7-10,13H,1-2,5-6,11H2,(H2,18,19,21,23)/b9-8+. The lowest BCUT2D eigenvalue weighted by atomic mass is 10.2. The maximum Gasteiger partial charge on any atom is 0.331 e. The molecule has 1 aliphatic carbocycles. The molecule has 0 saturated heterocycles. The van der Waals surface area contributed by atoms with Crippen LogP contribution in [0.5, 0.6) is 0 Å². The van der Waals surface area contributed by atoms with Gasteiger partial charge in [0.2, 0.25) is 0 Å². The number of urea groups is 1. The van der Waals surface area contributed by atoms with Gasteiger partial charge in [0.15, 0.2) is 6.61 Å². The molecule has 138 valence electrons. The molecule has 1 saturated carbocycles. The number of rotatable bonds is 6. The van der Waals surface area contributed by atoms with Crippen molar-refractivity contribution in [1.82, 2.24) is 10.6 Å². The second-order valence-corrected chi connectivity index (χ2v) is 5.80. The highest BCUT2D eigenvalue weighted by atomic mass is 16.6. The predicted molar refractivity (Wildman–Crippen MR) is 92.0 cm³/mol. The van der Waals surface area contributed by atoms with Gasteiger partial charge >= 0.3 is 12.0 Å². The Hall–Kier alpha value is -3.23. The first kappa shape index (κ1) is 19.1. The topological polar surface area (TPSA) is 128 Å². The van der Waals surface area contributed by atoms with Gasteiger partial charge in [-0.2, -0.15) is 0 Å². The second kappa shape index (κ2) is 9.30. The van der Waals surface area contributed by atoms with Crippen molar-refractivity contribution in [2.75, 3.05) is 6.61 Å². The molecular weight excluding hydrogens is 342 g/mol. The SMILES string of the molecule is O=C(COC(=O)/C=C/c1cccc([N+](=O)[O-])c1)NC(=O)NC1CCCC1. The molecule has 0 radical (unpaired) electrons. The van der Waals surface area contributed by atoms with Crippen molar-refractivity contribution >= 4 is 29.7 Å². The zero-order valence-electron chi connectivity index (χ0n) is 14.0. The number of ether oxygens (including phenoxy) is 1. The van der Waals surface area contributed by atoms with Crippen molar-refractivity contribution in [1.29, 1.82) is 0 Å². The first-order valence-corrected chi connectivity index (χ1v) is 8.13. The Morgan fingerprint density at radius 3 is 2.69 bits per heavy atom. The maximum atomic E-state index is 11.6. The molecule has 0 atom stereocenters. The fourth-order valence-corrected chi connectivity index (χ4v) is 2.55. The minimum Gasteiger partial charge on any atom is -0.452 e. The van der Waals surface area contributed by atoms with Gasteiger partial charge < -0.3 is 10.1 Å². The molecule has 0 heterocycles. The molecule has 2 rings (SSSR count). The number of hydrogen-bond donors (Lipinski definition) is 2. The van der Waals surface area contributed by atoms with E-state index >= 15 is 0 Å². The van der Waals surface area contributed by atoms with Crippen molar-refractivity contribution in [3.8, 4) is 0 Å². The first-order chi connectivity index (χ1) is 12.4. The molecular formula is C17H19N3O6. The monoisotopic (exact) mass is 361 g/mol. The Bertz CT molecular complexity index is 725. The smallest absolute Gasteiger partial charge is 0.331 e. The number of esters is 1. The highest BCUT2D eigenvalue weighted by Crippen LogP contribution is 2.17. The Morgan fingerprint density at radius 1 is 1.27 bits per heavy atom. The Kier molecular flexibility index (Phi) is 6.84. The Balaban J connectivity index is 1.73. The van der Waals surface area contributed by atoms with Crippen LogP contribution in [0.15, 0.2) is 30.3 Å². The largest absolute Gasteiger partial charge is 0.452 e. The van der Waals surface area contributed by atoms with Gasteiger partial charge in [0, 0.05) is 24.3 Å². The van der Waals surface area contributed by atoms with E-state index < -0.39 is 29.4 Å². The molecule has 1 aliphatic rings. The van der Waals surface area contributed by atoms with Gasteiger partial charge in [-0.05, 0) is 24.5 Å². The summed E-state index contributed by atoms with van der Waals surface area (Å²) in [6, 6.07) is 5.16. The lowest BCUT2D eigenvalue weighted by Gasteiger charge is -2.12. The maximum absolute atomic E-state index is 11.6. The summed E-state index contributed by atoms with van der Waals surface area (Å²) in [5.41, 5.74) is 0.338. The minimum absolute atomic E-state index is 0.0724. The van der Waals surface area contributed by atoms with E-state index in [1.165, 1.54) is 24.3 Å². The zero-order valence-corrected chi connectivity index (χ0v) is 14.0.